The van der Waals surface area contributed by atoms with Gasteiger partial charge in [0.2, 0.25) is 5.91 Å². The van der Waals surface area contributed by atoms with E-state index in [1.165, 1.54) is 5.69 Å². The number of guanidine groups is 1. The summed E-state index contributed by atoms with van der Waals surface area (Å²) >= 11 is 0. The van der Waals surface area contributed by atoms with E-state index in [-0.39, 0.29) is 0 Å². The minimum atomic E-state index is -0.418. The molecule has 6 nitrogen and oxygen atoms in total. The van der Waals surface area contributed by atoms with Crippen LogP contribution in [0.15, 0.2) is 59.6 Å². The number of aliphatic imine (C=N–C) groups is 1. The number of hydrogen-bond donors (Lipinski definition) is 3. The molecule has 0 radical (unpaired) electrons. The third-order valence-corrected chi connectivity index (χ3v) is 4.30. The molecular formula is C21H29N5O. The first-order chi connectivity index (χ1) is 13.1. The second-order valence-corrected chi connectivity index (χ2v) is 6.19. The molecule has 6 heteroatoms. The number of nitrogens with zero attached hydrogens (tertiary/aromatic N) is 2. The summed E-state index contributed by atoms with van der Waals surface area (Å²) in [7, 11) is 1.75. The SMILES string of the molecule is CCN(CCCNC(=NC)NCc1cccc(C(N)=O)c1)c1ccccc1. The van der Waals surface area contributed by atoms with Crippen molar-refractivity contribution in [1.82, 2.24) is 10.6 Å². The second kappa shape index (κ2) is 10.9. The molecule has 4 N–H and O–H groups in total. The van der Waals surface area contributed by atoms with Crippen LogP contribution in [0.1, 0.15) is 29.3 Å². The molecule has 2 aromatic rings. The molecule has 2 rings (SSSR count). The topological polar surface area (TPSA) is 82.8 Å². The fraction of sp³-hybridized carbons (Fsp3) is 0.333. The number of anilines is 1. The van der Waals surface area contributed by atoms with E-state index in [2.05, 4.69) is 51.7 Å². The average molecular weight is 367 g/mol. The summed E-state index contributed by atoms with van der Waals surface area (Å²) in [6, 6.07) is 17.7. The first-order valence-corrected chi connectivity index (χ1v) is 9.27. The Morgan fingerprint density at radius 2 is 1.89 bits per heavy atom. The molecular weight excluding hydrogens is 338 g/mol. The first kappa shape index (κ1) is 20.3. The Kier molecular flexibility index (Phi) is 8.16. The number of nitrogens with two attached hydrogens (primary N) is 1. The zero-order valence-electron chi connectivity index (χ0n) is 16.1. The highest BCUT2D eigenvalue weighted by Gasteiger charge is 2.05. The minimum absolute atomic E-state index is 0.418. The molecule has 144 valence electrons. The summed E-state index contributed by atoms with van der Waals surface area (Å²) in [5.74, 6) is 0.320. The molecule has 0 aliphatic carbocycles. The van der Waals surface area contributed by atoms with Crippen molar-refractivity contribution >= 4 is 17.6 Å². The Labute approximate surface area is 161 Å². The van der Waals surface area contributed by atoms with Crippen molar-refractivity contribution < 1.29 is 4.79 Å². The molecule has 0 atom stereocenters. The number of amides is 1. The van der Waals surface area contributed by atoms with Crippen molar-refractivity contribution in [3.63, 3.8) is 0 Å². The summed E-state index contributed by atoms with van der Waals surface area (Å²) in [5.41, 5.74) is 8.07. The van der Waals surface area contributed by atoms with E-state index in [0.29, 0.717) is 12.1 Å². The zero-order chi connectivity index (χ0) is 19.5. The normalized spacial score (nSPS) is 11.1. The predicted molar refractivity (Wildman–Crippen MR) is 112 cm³/mol. The van der Waals surface area contributed by atoms with Crippen molar-refractivity contribution in [1.29, 1.82) is 0 Å². The van der Waals surface area contributed by atoms with Crippen molar-refractivity contribution in [2.45, 2.75) is 19.9 Å². The van der Waals surface area contributed by atoms with Gasteiger partial charge < -0.3 is 21.3 Å². The quantitative estimate of drug-likeness (QED) is 0.361. The third-order valence-electron chi connectivity index (χ3n) is 4.30. The number of benzene rings is 2. The molecule has 0 aliphatic rings. The van der Waals surface area contributed by atoms with Gasteiger partial charge in [0.15, 0.2) is 5.96 Å². The van der Waals surface area contributed by atoms with E-state index in [1.54, 1.807) is 19.2 Å². The summed E-state index contributed by atoms with van der Waals surface area (Å²) in [6.07, 6.45) is 1.00. The number of nitrogens with one attached hydrogen (secondary N) is 2. The monoisotopic (exact) mass is 367 g/mol. The highest BCUT2D eigenvalue weighted by molar-refractivity contribution is 5.92. The van der Waals surface area contributed by atoms with Crippen molar-refractivity contribution in [2.24, 2.45) is 10.7 Å². The van der Waals surface area contributed by atoms with Crippen LogP contribution in [0.25, 0.3) is 0 Å². The van der Waals surface area contributed by atoms with Crippen LogP contribution in [0, 0.1) is 0 Å². The lowest BCUT2D eigenvalue weighted by molar-refractivity contribution is 0.1000. The Morgan fingerprint density at radius 3 is 2.56 bits per heavy atom. The second-order valence-electron chi connectivity index (χ2n) is 6.19. The fourth-order valence-electron chi connectivity index (χ4n) is 2.83. The fourth-order valence-corrected chi connectivity index (χ4v) is 2.83. The Bertz CT molecular complexity index is 745. The molecule has 0 saturated carbocycles. The van der Waals surface area contributed by atoms with Crippen LogP contribution in [0.5, 0.6) is 0 Å². The molecule has 0 bridgehead atoms. The van der Waals surface area contributed by atoms with Crippen LogP contribution in [0.3, 0.4) is 0 Å². The zero-order valence-corrected chi connectivity index (χ0v) is 16.1. The van der Waals surface area contributed by atoms with E-state index in [0.717, 1.165) is 37.6 Å². The highest BCUT2D eigenvalue weighted by Crippen LogP contribution is 2.12. The summed E-state index contributed by atoms with van der Waals surface area (Å²) in [6.45, 7) is 5.52. The molecule has 1 amide bonds. The lowest BCUT2D eigenvalue weighted by atomic mass is 10.1. The summed E-state index contributed by atoms with van der Waals surface area (Å²) in [4.78, 5) is 17.9. The van der Waals surface area contributed by atoms with Gasteiger partial charge in [-0.1, -0.05) is 30.3 Å². The lowest BCUT2D eigenvalue weighted by Gasteiger charge is -2.23. The summed E-state index contributed by atoms with van der Waals surface area (Å²) < 4.78 is 0. The molecule has 2 aromatic carbocycles. The maximum absolute atomic E-state index is 11.3. The Hall–Kier alpha value is -3.02. The molecule has 0 aromatic heterocycles. The van der Waals surface area contributed by atoms with Gasteiger partial charge in [-0.15, -0.1) is 0 Å². The number of carbonyl (C=O) groups excluding carboxylic acids is 1. The van der Waals surface area contributed by atoms with Gasteiger partial charge in [-0.3, -0.25) is 9.79 Å². The van der Waals surface area contributed by atoms with Crippen molar-refractivity contribution in [3.05, 3.63) is 65.7 Å². The van der Waals surface area contributed by atoms with Gasteiger partial charge in [-0.05, 0) is 43.2 Å². The smallest absolute Gasteiger partial charge is 0.248 e. The molecule has 0 unspecified atom stereocenters. The van der Waals surface area contributed by atoms with Gasteiger partial charge in [0.25, 0.3) is 0 Å². The van der Waals surface area contributed by atoms with E-state index >= 15 is 0 Å². The van der Waals surface area contributed by atoms with E-state index in [1.807, 2.05) is 18.2 Å². The van der Waals surface area contributed by atoms with Gasteiger partial charge >= 0.3 is 0 Å². The van der Waals surface area contributed by atoms with Gasteiger partial charge in [-0.2, -0.15) is 0 Å². The van der Waals surface area contributed by atoms with Crippen molar-refractivity contribution in [3.8, 4) is 0 Å². The maximum atomic E-state index is 11.3. The van der Waals surface area contributed by atoms with Gasteiger partial charge in [-0.25, -0.2) is 0 Å². The molecule has 0 spiro atoms. The van der Waals surface area contributed by atoms with E-state index in [9.17, 15) is 4.79 Å². The Balaban J connectivity index is 1.75. The standard InChI is InChI=1S/C21H29N5O/c1-3-26(19-11-5-4-6-12-19)14-8-13-24-21(23-2)25-16-17-9-7-10-18(15-17)20(22)27/h4-7,9-12,15H,3,8,13-14,16H2,1-2H3,(H2,22,27)(H2,23,24,25). The molecule has 0 saturated heterocycles. The molecule has 27 heavy (non-hydrogen) atoms. The minimum Gasteiger partial charge on any atom is -0.372 e. The predicted octanol–water partition coefficient (Wildman–Crippen LogP) is 2.37. The number of carbonyl (C=O) groups is 1. The average Bonchev–Trinajstić information content (AvgIpc) is 2.71. The van der Waals surface area contributed by atoms with E-state index < -0.39 is 5.91 Å². The van der Waals surface area contributed by atoms with Crippen LogP contribution >= 0.6 is 0 Å². The van der Waals surface area contributed by atoms with Crippen LogP contribution in [-0.4, -0.2) is 38.5 Å². The Morgan fingerprint density at radius 1 is 1.11 bits per heavy atom. The first-order valence-electron chi connectivity index (χ1n) is 9.27. The number of hydrogen-bond acceptors (Lipinski definition) is 3. The molecule has 0 fully saturated rings. The number of rotatable bonds is 9. The van der Waals surface area contributed by atoms with Crippen LogP contribution < -0.4 is 21.3 Å². The van der Waals surface area contributed by atoms with Crippen LogP contribution in [0.2, 0.25) is 0 Å². The van der Waals surface area contributed by atoms with Gasteiger partial charge in [0.05, 0.1) is 0 Å². The molecule has 0 heterocycles. The van der Waals surface area contributed by atoms with Gasteiger partial charge in [0.1, 0.15) is 0 Å². The largest absolute Gasteiger partial charge is 0.372 e. The highest BCUT2D eigenvalue weighted by atomic mass is 16.1. The maximum Gasteiger partial charge on any atom is 0.248 e. The van der Waals surface area contributed by atoms with Crippen LogP contribution in [-0.2, 0) is 6.54 Å². The summed E-state index contributed by atoms with van der Waals surface area (Å²) in [5, 5.41) is 6.59. The lowest BCUT2D eigenvalue weighted by Crippen LogP contribution is -2.38. The van der Waals surface area contributed by atoms with Crippen LogP contribution in [0.4, 0.5) is 5.69 Å². The van der Waals surface area contributed by atoms with E-state index in [4.69, 9.17) is 5.73 Å². The van der Waals surface area contributed by atoms with Crippen molar-refractivity contribution in [2.75, 3.05) is 31.6 Å². The van der Waals surface area contributed by atoms with Gasteiger partial charge in [0, 0.05) is 44.5 Å². The molecule has 0 aliphatic heterocycles. The number of para-hydroxylation sites is 1. The third kappa shape index (κ3) is 6.66. The number of primary amides is 1.